The van der Waals surface area contributed by atoms with Crippen LogP contribution < -0.4 is 4.74 Å². The van der Waals surface area contributed by atoms with E-state index in [9.17, 15) is 24.6 Å². The highest BCUT2D eigenvalue weighted by atomic mass is 16.5. The highest BCUT2D eigenvalue weighted by molar-refractivity contribution is 6.09. The second-order valence-corrected chi connectivity index (χ2v) is 8.97. The van der Waals surface area contributed by atoms with E-state index in [4.69, 9.17) is 9.47 Å². The molecule has 0 fully saturated rings. The minimum absolute atomic E-state index is 0.120. The van der Waals surface area contributed by atoms with Crippen LogP contribution in [0.4, 0.5) is 0 Å². The lowest BCUT2D eigenvalue weighted by Gasteiger charge is -2.34. The monoisotopic (exact) mass is 470 g/mol. The Balaban J connectivity index is 2.23. The Labute approximate surface area is 200 Å². The quantitative estimate of drug-likeness (QED) is 0.240. The predicted molar refractivity (Wildman–Crippen MR) is 127 cm³/mol. The number of allylic oxidation sites excluding steroid dienone is 2. The summed E-state index contributed by atoms with van der Waals surface area (Å²) in [4.78, 5) is 38.3. The number of rotatable bonds is 12. The van der Waals surface area contributed by atoms with Gasteiger partial charge in [-0.2, -0.15) is 0 Å². The Morgan fingerprint density at radius 1 is 1.00 bits per heavy atom. The van der Waals surface area contributed by atoms with E-state index in [-0.39, 0.29) is 22.9 Å². The fourth-order valence-corrected chi connectivity index (χ4v) is 5.13. The fourth-order valence-electron chi connectivity index (χ4n) is 5.13. The summed E-state index contributed by atoms with van der Waals surface area (Å²) in [5.74, 6) is -2.39. The molecule has 1 aliphatic carbocycles. The lowest BCUT2D eigenvalue weighted by molar-refractivity contribution is -0.137. The number of hydrogen-bond donors (Lipinski definition) is 2. The van der Waals surface area contributed by atoms with Crippen LogP contribution in [0, 0.1) is 0 Å². The molecule has 2 aliphatic rings. The Bertz CT molecular complexity index is 1030. The zero-order valence-electron chi connectivity index (χ0n) is 20.2. The number of methoxy groups -OCH3 is 1. The molecule has 0 amide bonds. The summed E-state index contributed by atoms with van der Waals surface area (Å²) in [5.41, 5.74) is -0.465. The van der Waals surface area contributed by atoms with Crippen molar-refractivity contribution in [2.24, 2.45) is 0 Å². The minimum Gasteiger partial charge on any atom is -0.507 e. The van der Waals surface area contributed by atoms with Crippen molar-refractivity contribution in [3.8, 4) is 11.5 Å². The molecule has 0 aromatic heterocycles. The number of aromatic carboxylic acids is 1. The molecule has 1 aromatic carbocycles. The van der Waals surface area contributed by atoms with Crippen LogP contribution in [0.3, 0.4) is 0 Å². The number of aromatic hydroxyl groups is 1. The molecule has 2 N–H and O–H groups in total. The zero-order valence-corrected chi connectivity index (χ0v) is 20.2. The van der Waals surface area contributed by atoms with Crippen LogP contribution in [-0.4, -0.2) is 35.0 Å². The summed E-state index contributed by atoms with van der Waals surface area (Å²) in [7, 11) is 1.39. The van der Waals surface area contributed by atoms with Crippen molar-refractivity contribution in [1.29, 1.82) is 0 Å². The van der Waals surface area contributed by atoms with E-state index >= 15 is 0 Å². The molecule has 34 heavy (non-hydrogen) atoms. The van der Waals surface area contributed by atoms with Gasteiger partial charge in [0.1, 0.15) is 22.8 Å². The second kappa shape index (κ2) is 10.9. The molecule has 0 saturated carbocycles. The van der Waals surface area contributed by atoms with Gasteiger partial charge < -0.3 is 19.7 Å². The highest BCUT2D eigenvalue weighted by Crippen LogP contribution is 2.55. The number of carboxylic acid groups (broad SMARTS) is 1. The fraction of sp³-hybridized carbons (Fsp3) is 0.519. The number of fused-ring (bicyclic) bond motifs is 2. The van der Waals surface area contributed by atoms with Crippen molar-refractivity contribution in [1.82, 2.24) is 0 Å². The van der Waals surface area contributed by atoms with Crippen molar-refractivity contribution >= 4 is 17.7 Å². The summed E-state index contributed by atoms with van der Waals surface area (Å²) < 4.78 is 11.2. The lowest BCUT2D eigenvalue weighted by Crippen LogP contribution is -2.42. The van der Waals surface area contributed by atoms with E-state index in [0.29, 0.717) is 36.0 Å². The number of hydrogen-bond acceptors (Lipinski definition) is 6. The van der Waals surface area contributed by atoms with Crippen molar-refractivity contribution in [3.05, 3.63) is 46.2 Å². The van der Waals surface area contributed by atoms with Gasteiger partial charge in [0.25, 0.3) is 0 Å². The first kappa shape index (κ1) is 25.5. The maximum absolute atomic E-state index is 13.6. The lowest BCUT2D eigenvalue weighted by atomic mass is 9.66. The molecule has 1 spiro atoms. The molecule has 184 valence electrons. The average Bonchev–Trinajstić information content (AvgIpc) is 3.07. The van der Waals surface area contributed by atoms with E-state index in [2.05, 4.69) is 13.8 Å². The highest BCUT2D eigenvalue weighted by Gasteiger charge is 2.59. The molecule has 7 heteroatoms. The SMILES string of the molecule is CCCCCCCc1c(C(=O)O)c(O)cc2c1[C@]1(C(=O)O2)C(CCCCC)=CC(=O)C=C1OC. The molecular weight excluding hydrogens is 436 g/mol. The maximum Gasteiger partial charge on any atom is 0.339 e. The van der Waals surface area contributed by atoms with Crippen LogP contribution in [0.5, 0.6) is 11.5 Å². The van der Waals surface area contributed by atoms with Crippen LogP contribution in [0.15, 0.2) is 29.6 Å². The number of benzene rings is 1. The van der Waals surface area contributed by atoms with Gasteiger partial charge in [-0.15, -0.1) is 0 Å². The molecule has 1 atom stereocenters. The van der Waals surface area contributed by atoms with Gasteiger partial charge >= 0.3 is 11.9 Å². The number of carboxylic acids is 1. The Kier molecular flexibility index (Phi) is 8.18. The Morgan fingerprint density at radius 3 is 2.29 bits per heavy atom. The van der Waals surface area contributed by atoms with Crippen LogP contribution in [0.1, 0.15) is 93.1 Å². The summed E-state index contributed by atoms with van der Waals surface area (Å²) in [6.07, 6.45) is 10.9. The number of ether oxygens (including phenoxy) is 2. The summed E-state index contributed by atoms with van der Waals surface area (Å²) in [5, 5.41) is 20.5. The first-order chi connectivity index (χ1) is 16.3. The van der Waals surface area contributed by atoms with E-state index in [1.165, 1.54) is 25.3 Å². The normalized spacial score (nSPS) is 19.0. The molecule has 1 heterocycles. The van der Waals surface area contributed by atoms with Gasteiger partial charge in [0.05, 0.1) is 7.11 Å². The molecule has 0 unspecified atom stereocenters. The predicted octanol–water partition coefficient (Wildman–Crippen LogP) is 5.38. The van der Waals surface area contributed by atoms with Crippen molar-refractivity contribution in [3.63, 3.8) is 0 Å². The molecule has 0 radical (unpaired) electrons. The minimum atomic E-state index is -1.53. The van der Waals surface area contributed by atoms with Gasteiger partial charge in [-0.05, 0) is 42.9 Å². The van der Waals surface area contributed by atoms with Gasteiger partial charge in [-0.1, -0.05) is 52.4 Å². The maximum atomic E-state index is 13.6. The molecule has 0 saturated heterocycles. The first-order valence-corrected chi connectivity index (χ1v) is 12.2. The molecule has 1 aromatic rings. The van der Waals surface area contributed by atoms with E-state index < -0.39 is 23.1 Å². The summed E-state index contributed by atoms with van der Waals surface area (Å²) in [6, 6.07) is 1.19. The first-order valence-electron chi connectivity index (χ1n) is 12.2. The molecule has 7 nitrogen and oxygen atoms in total. The van der Waals surface area contributed by atoms with Crippen LogP contribution in [0.2, 0.25) is 0 Å². The average molecular weight is 471 g/mol. The van der Waals surface area contributed by atoms with E-state index in [1.807, 2.05) is 0 Å². The Morgan fingerprint density at radius 2 is 1.65 bits per heavy atom. The smallest absolute Gasteiger partial charge is 0.339 e. The summed E-state index contributed by atoms with van der Waals surface area (Å²) in [6.45, 7) is 4.18. The van der Waals surface area contributed by atoms with Gasteiger partial charge in [0.15, 0.2) is 11.2 Å². The van der Waals surface area contributed by atoms with Crippen molar-refractivity contribution in [2.45, 2.75) is 83.5 Å². The topological polar surface area (TPSA) is 110 Å². The molecular formula is C27H34O7. The third-order valence-electron chi connectivity index (χ3n) is 6.71. The molecule has 0 bridgehead atoms. The third-order valence-corrected chi connectivity index (χ3v) is 6.71. The largest absolute Gasteiger partial charge is 0.507 e. The van der Waals surface area contributed by atoms with Crippen molar-refractivity contribution < 1.29 is 34.1 Å². The van der Waals surface area contributed by atoms with Crippen LogP contribution in [-0.2, 0) is 26.2 Å². The van der Waals surface area contributed by atoms with E-state index in [1.54, 1.807) is 0 Å². The number of unbranched alkanes of at least 4 members (excludes halogenated alkanes) is 6. The molecule has 3 rings (SSSR count). The number of carbonyl (C=O) groups excluding carboxylic acids is 2. The van der Waals surface area contributed by atoms with Gasteiger partial charge in [0.2, 0.25) is 0 Å². The standard InChI is InChI=1S/C27H34O7/c1-4-6-8-9-11-13-19-23(25(30)31)20(29)16-21-24(19)27(26(32)34-21)17(12-10-7-5-2)14-18(28)15-22(27)33-3/h14-16,29H,4-13H2,1-3H3,(H,30,31)/t27-/m0/s1. The van der Waals surface area contributed by atoms with E-state index in [0.717, 1.165) is 44.9 Å². The van der Waals surface area contributed by atoms with Crippen molar-refractivity contribution in [2.75, 3.05) is 7.11 Å². The van der Waals surface area contributed by atoms with Gasteiger partial charge in [0, 0.05) is 17.7 Å². The van der Waals surface area contributed by atoms with Crippen LogP contribution >= 0.6 is 0 Å². The zero-order chi connectivity index (χ0) is 24.9. The van der Waals surface area contributed by atoms with Gasteiger partial charge in [-0.25, -0.2) is 9.59 Å². The number of esters is 1. The second-order valence-electron chi connectivity index (χ2n) is 8.97. The Hall–Kier alpha value is -3.09. The third kappa shape index (κ3) is 4.48. The molecule has 1 aliphatic heterocycles. The van der Waals surface area contributed by atoms with Crippen LogP contribution in [0.25, 0.3) is 0 Å². The number of phenols is 1. The summed E-state index contributed by atoms with van der Waals surface area (Å²) >= 11 is 0. The number of carbonyl (C=O) groups is 3. The number of ketones is 1. The van der Waals surface area contributed by atoms with Gasteiger partial charge in [-0.3, -0.25) is 4.79 Å².